The van der Waals surface area contributed by atoms with E-state index in [9.17, 15) is 9.59 Å². The van der Waals surface area contributed by atoms with Crippen LogP contribution in [0.2, 0.25) is 5.02 Å². The Labute approximate surface area is 119 Å². The standard InChI is InChI=1S/C14H11ClO3S/c15-10-3-1-4-11(9-10)18-14(17)7-6-12(16)13-5-2-8-19-13/h1-5,8-9H,6-7H2. The van der Waals surface area contributed by atoms with Crippen LogP contribution in [0, 0.1) is 0 Å². The van der Waals surface area contributed by atoms with Crippen LogP contribution in [0.5, 0.6) is 5.75 Å². The van der Waals surface area contributed by atoms with Gasteiger partial charge in [-0.25, -0.2) is 0 Å². The summed E-state index contributed by atoms with van der Waals surface area (Å²) in [5, 5.41) is 2.33. The van der Waals surface area contributed by atoms with E-state index in [4.69, 9.17) is 16.3 Å². The monoisotopic (exact) mass is 294 g/mol. The van der Waals surface area contributed by atoms with Crippen LogP contribution in [0.1, 0.15) is 22.5 Å². The summed E-state index contributed by atoms with van der Waals surface area (Å²) in [6.45, 7) is 0. The fraction of sp³-hybridized carbons (Fsp3) is 0.143. The molecule has 0 aliphatic rings. The summed E-state index contributed by atoms with van der Waals surface area (Å²) in [6.07, 6.45) is 0.211. The smallest absolute Gasteiger partial charge is 0.311 e. The molecular weight excluding hydrogens is 284 g/mol. The van der Waals surface area contributed by atoms with Crippen molar-refractivity contribution in [2.24, 2.45) is 0 Å². The zero-order chi connectivity index (χ0) is 13.7. The molecule has 0 saturated heterocycles. The van der Waals surface area contributed by atoms with E-state index in [-0.39, 0.29) is 18.6 Å². The first kappa shape index (κ1) is 13.8. The van der Waals surface area contributed by atoms with Gasteiger partial charge in [0.05, 0.1) is 11.3 Å². The summed E-state index contributed by atoms with van der Waals surface area (Å²) in [5.41, 5.74) is 0. The first-order valence-electron chi connectivity index (χ1n) is 5.68. The van der Waals surface area contributed by atoms with Gasteiger partial charge in [-0.05, 0) is 29.6 Å². The van der Waals surface area contributed by atoms with Crippen LogP contribution in [0.25, 0.3) is 0 Å². The van der Waals surface area contributed by atoms with Crippen LogP contribution in [-0.2, 0) is 4.79 Å². The Hall–Kier alpha value is -1.65. The van der Waals surface area contributed by atoms with Gasteiger partial charge in [0.25, 0.3) is 0 Å². The van der Waals surface area contributed by atoms with Crippen molar-refractivity contribution in [2.45, 2.75) is 12.8 Å². The Bertz CT molecular complexity index is 578. The Morgan fingerprint density at radius 2 is 2.00 bits per heavy atom. The third-order valence-electron chi connectivity index (χ3n) is 2.38. The molecule has 0 atom stereocenters. The SMILES string of the molecule is O=C(CCC(=O)c1cccs1)Oc1cccc(Cl)c1. The van der Waals surface area contributed by atoms with E-state index in [1.54, 1.807) is 30.3 Å². The number of hydrogen-bond acceptors (Lipinski definition) is 4. The quantitative estimate of drug-likeness (QED) is 0.476. The first-order chi connectivity index (χ1) is 9.15. The third-order valence-corrected chi connectivity index (χ3v) is 3.53. The molecule has 0 radical (unpaired) electrons. The van der Waals surface area contributed by atoms with E-state index < -0.39 is 5.97 Å². The highest BCUT2D eigenvalue weighted by Gasteiger charge is 2.11. The van der Waals surface area contributed by atoms with Gasteiger partial charge in [0.1, 0.15) is 5.75 Å². The molecule has 0 aliphatic heterocycles. The molecule has 0 bridgehead atoms. The van der Waals surface area contributed by atoms with E-state index in [0.717, 1.165) is 0 Å². The van der Waals surface area contributed by atoms with Gasteiger partial charge in [-0.2, -0.15) is 0 Å². The van der Waals surface area contributed by atoms with Crippen molar-refractivity contribution in [3.05, 3.63) is 51.7 Å². The largest absolute Gasteiger partial charge is 0.426 e. The Morgan fingerprint density at radius 3 is 2.68 bits per heavy atom. The van der Waals surface area contributed by atoms with Crippen molar-refractivity contribution in [2.75, 3.05) is 0 Å². The molecule has 98 valence electrons. The van der Waals surface area contributed by atoms with Gasteiger partial charge < -0.3 is 4.74 Å². The number of rotatable bonds is 5. The molecule has 3 nitrogen and oxygen atoms in total. The molecule has 0 fully saturated rings. The fourth-order valence-corrected chi connectivity index (χ4v) is 2.36. The number of benzene rings is 1. The van der Waals surface area contributed by atoms with Crippen molar-refractivity contribution in [1.82, 2.24) is 0 Å². The van der Waals surface area contributed by atoms with Crippen LogP contribution in [0.15, 0.2) is 41.8 Å². The number of carbonyl (C=O) groups excluding carboxylic acids is 2. The van der Waals surface area contributed by atoms with Gasteiger partial charge in [0, 0.05) is 11.4 Å². The number of thiophene rings is 1. The summed E-state index contributed by atoms with van der Waals surface area (Å²) in [7, 11) is 0. The normalized spacial score (nSPS) is 10.2. The number of ether oxygens (including phenoxy) is 1. The molecule has 1 aromatic carbocycles. The second-order valence-corrected chi connectivity index (χ2v) is 5.22. The second-order valence-electron chi connectivity index (χ2n) is 3.83. The summed E-state index contributed by atoms with van der Waals surface area (Å²) in [6, 6.07) is 10.1. The fourth-order valence-electron chi connectivity index (χ4n) is 1.49. The van der Waals surface area contributed by atoms with Crippen LogP contribution in [-0.4, -0.2) is 11.8 Å². The molecule has 0 saturated carbocycles. The number of hydrogen-bond donors (Lipinski definition) is 0. The van der Waals surface area contributed by atoms with E-state index in [0.29, 0.717) is 15.6 Å². The first-order valence-corrected chi connectivity index (χ1v) is 6.94. The summed E-state index contributed by atoms with van der Waals surface area (Å²) >= 11 is 7.15. The summed E-state index contributed by atoms with van der Waals surface area (Å²) in [4.78, 5) is 23.9. The minimum Gasteiger partial charge on any atom is -0.426 e. The molecule has 2 rings (SSSR count). The van der Waals surface area contributed by atoms with Gasteiger partial charge in [-0.3, -0.25) is 9.59 Å². The molecular formula is C14H11ClO3S. The topological polar surface area (TPSA) is 43.4 Å². The predicted octanol–water partition coefficient (Wildman–Crippen LogP) is 3.97. The average molecular weight is 295 g/mol. The molecule has 2 aromatic rings. The Balaban J connectivity index is 1.83. The van der Waals surface area contributed by atoms with Gasteiger partial charge in [-0.1, -0.05) is 23.7 Å². The Kier molecular flexibility index (Phi) is 4.71. The maximum absolute atomic E-state index is 11.7. The van der Waals surface area contributed by atoms with Crippen molar-refractivity contribution in [3.8, 4) is 5.75 Å². The van der Waals surface area contributed by atoms with Crippen LogP contribution in [0.4, 0.5) is 0 Å². The number of Topliss-reactive ketones (excluding diaryl/α,β-unsaturated/α-hetero) is 1. The van der Waals surface area contributed by atoms with Crippen molar-refractivity contribution in [1.29, 1.82) is 0 Å². The zero-order valence-electron chi connectivity index (χ0n) is 9.97. The van der Waals surface area contributed by atoms with Crippen LogP contribution in [0.3, 0.4) is 0 Å². The predicted molar refractivity (Wildman–Crippen MR) is 75.0 cm³/mol. The van der Waals surface area contributed by atoms with Gasteiger partial charge >= 0.3 is 5.97 Å². The molecule has 1 heterocycles. The van der Waals surface area contributed by atoms with E-state index >= 15 is 0 Å². The summed E-state index contributed by atoms with van der Waals surface area (Å²) in [5.74, 6) is -0.0914. The molecule has 0 unspecified atom stereocenters. The number of esters is 1. The van der Waals surface area contributed by atoms with E-state index in [1.165, 1.54) is 11.3 Å². The molecule has 19 heavy (non-hydrogen) atoms. The lowest BCUT2D eigenvalue weighted by Crippen LogP contribution is -2.10. The molecule has 0 amide bonds. The highest BCUT2D eigenvalue weighted by Crippen LogP contribution is 2.18. The highest BCUT2D eigenvalue weighted by molar-refractivity contribution is 7.12. The average Bonchev–Trinajstić information content (AvgIpc) is 2.90. The van der Waals surface area contributed by atoms with E-state index in [1.807, 2.05) is 11.4 Å². The van der Waals surface area contributed by atoms with Crippen molar-refractivity contribution in [3.63, 3.8) is 0 Å². The van der Waals surface area contributed by atoms with Gasteiger partial charge in [0.2, 0.25) is 0 Å². The minimum atomic E-state index is -0.438. The van der Waals surface area contributed by atoms with Crippen LogP contribution < -0.4 is 4.74 Å². The summed E-state index contributed by atoms with van der Waals surface area (Å²) < 4.78 is 5.09. The molecule has 0 spiro atoms. The van der Waals surface area contributed by atoms with E-state index in [2.05, 4.69) is 0 Å². The number of halogens is 1. The minimum absolute atomic E-state index is 0.0435. The molecule has 0 aliphatic carbocycles. The zero-order valence-corrected chi connectivity index (χ0v) is 11.5. The van der Waals surface area contributed by atoms with Crippen LogP contribution >= 0.6 is 22.9 Å². The van der Waals surface area contributed by atoms with Crippen molar-refractivity contribution >= 4 is 34.7 Å². The second kappa shape index (κ2) is 6.50. The maximum Gasteiger partial charge on any atom is 0.311 e. The highest BCUT2D eigenvalue weighted by atomic mass is 35.5. The number of carbonyl (C=O) groups is 2. The van der Waals surface area contributed by atoms with Gasteiger partial charge in [0.15, 0.2) is 5.78 Å². The molecule has 1 aromatic heterocycles. The maximum atomic E-state index is 11.7. The van der Waals surface area contributed by atoms with Crippen molar-refractivity contribution < 1.29 is 14.3 Å². The Morgan fingerprint density at radius 1 is 1.16 bits per heavy atom. The lowest BCUT2D eigenvalue weighted by molar-refractivity contribution is -0.134. The molecule has 0 N–H and O–H groups in total. The number of ketones is 1. The molecule has 5 heteroatoms. The van der Waals surface area contributed by atoms with Gasteiger partial charge in [-0.15, -0.1) is 11.3 Å². The lowest BCUT2D eigenvalue weighted by Gasteiger charge is -2.03. The lowest BCUT2D eigenvalue weighted by atomic mass is 10.2. The third kappa shape index (κ3) is 4.19.